The highest BCUT2D eigenvalue weighted by Gasteiger charge is 2.32. The van der Waals surface area contributed by atoms with Crippen molar-refractivity contribution in [2.24, 2.45) is 5.92 Å². The predicted molar refractivity (Wildman–Crippen MR) is 81.6 cm³/mol. The number of sulfonamides is 1. The van der Waals surface area contributed by atoms with E-state index in [1.165, 1.54) is 4.31 Å². The van der Waals surface area contributed by atoms with Crippen LogP contribution in [0, 0.1) is 19.8 Å². The minimum Gasteiger partial charge on any atom is -0.465 e. The van der Waals surface area contributed by atoms with Gasteiger partial charge < -0.3 is 4.42 Å². The van der Waals surface area contributed by atoms with Gasteiger partial charge in [0, 0.05) is 18.7 Å². The lowest BCUT2D eigenvalue weighted by atomic mass is 10.1. The monoisotopic (exact) mass is 321 g/mol. The third-order valence-corrected chi connectivity index (χ3v) is 5.96. The van der Waals surface area contributed by atoms with Crippen molar-refractivity contribution in [3.63, 3.8) is 0 Å². The van der Waals surface area contributed by atoms with E-state index in [1.54, 1.807) is 20.9 Å². The summed E-state index contributed by atoms with van der Waals surface area (Å²) in [4.78, 5) is 0.225. The van der Waals surface area contributed by atoms with E-state index in [-0.39, 0.29) is 16.8 Å². The average Bonchev–Trinajstić information content (AvgIpc) is 2.61. The molecule has 0 aliphatic rings. The van der Waals surface area contributed by atoms with Gasteiger partial charge in [0.15, 0.2) is 0 Å². The van der Waals surface area contributed by atoms with Crippen molar-refractivity contribution < 1.29 is 12.8 Å². The minimum absolute atomic E-state index is 0.0715. The Labute approximate surface area is 127 Å². The van der Waals surface area contributed by atoms with Crippen molar-refractivity contribution in [1.82, 2.24) is 4.31 Å². The van der Waals surface area contributed by atoms with Gasteiger partial charge in [0.1, 0.15) is 16.4 Å². The molecule has 1 heterocycles. The van der Waals surface area contributed by atoms with Crippen molar-refractivity contribution in [3.05, 3.63) is 17.1 Å². The number of aryl methyl sites for hydroxylation is 2. The van der Waals surface area contributed by atoms with Gasteiger partial charge in [-0.15, -0.1) is 11.6 Å². The number of nitrogens with zero attached hydrogens (tertiary/aromatic N) is 1. The molecule has 0 saturated carbocycles. The average molecular weight is 322 g/mol. The number of hydrogen-bond donors (Lipinski definition) is 0. The summed E-state index contributed by atoms with van der Waals surface area (Å²) < 4.78 is 32.4. The summed E-state index contributed by atoms with van der Waals surface area (Å²) in [6.07, 6.45) is 0.807. The van der Waals surface area contributed by atoms with Crippen molar-refractivity contribution in [1.29, 1.82) is 0 Å². The molecule has 1 aromatic heterocycles. The highest BCUT2D eigenvalue weighted by atomic mass is 35.5. The second-order valence-corrected chi connectivity index (χ2v) is 7.86. The van der Waals surface area contributed by atoms with Crippen LogP contribution in [0.3, 0.4) is 0 Å². The molecule has 0 N–H and O–H groups in total. The molecule has 0 aliphatic heterocycles. The lowest BCUT2D eigenvalue weighted by Gasteiger charge is -2.25. The third kappa shape index (κ3) is 3.38. The molecule has 0 fully saturated rings. The number of rotatable bonds is 6. The molecule has 0 spiro atoms. The van der Waals surface area contributed by atoms with E-state index < -0.39 is 10.0 Å². The van der Waals surface area contributed by atoms with Crippen molar-refractivity contribution in [3.8, 4) is 0 Å². The van der Waals surface area contributed by atoms with Crippen LogP contribution in [0.25, 0.3) is 0 Å². The lowest BCUT2D eigenvalue weighted by molar-refractivity contribution is 0.337. The molecular weight excluding hydrogens is 298 g/mol. The largest absolute Gasteiger partial charge is 0.465 e. The Kier molecular flexibility index (Phi) is 5.70. The molecule has 0 aromatic carbocycles. The van der Waals surface area contributed by atoms with Crippen LogP contribution in [-0.4, -0.2) is 25.8 Å². The Bertz CT molecular complexity index is 563. The first-order chi connectivity index (χ1) is 9.12. The summed E-state index contributed by atoms with van der Waals surface area (Å²) in [5.41, 5.74) is 0.563. The molecule has 0 amide bonds. The maximum absolute atomic E-state index is 12.8. The first kappa shape index (κ1) is 17.5. The van der Waals surface area contributed by atoms with Crippen LogP contribution in [0.2, 0.25) is 0 Å². The Morgan fingerprint density at radius 1 is 1.20 bits per heavy atom. The van der Waals surface area contributed by atoms with Gasteiger partial charge in [-0.1, -0.05) is 13.8 Å². The number of halogens is 1. The van der Waals surface area contributed by atoms with E-state index in [2.05, 4.69) is 13.8 Å². The molecule has 6 heteroatoms. The molecule has 20 heavy (non-hydrogen) atoms. The topological polar surface area (TPSA) is 50.5 Å². The van der Waals surface area contributed by atoms with Crippen LogP contribution in [0.5, 0.6) is 0 Å². The van der Waals surface area contributed by atoms with E-state index in [0.717, 1.165) is 6.42 Å². The second-order valence-electron chi connectivity index (χ2n) is 5.66. The normalized spacial score (nSPS) is 14.2. The molecule has 0 bridgehead atoms. The molecule has 1 aromatic rings. The Balaban J connectivity index is 3.23. The molecule has 4 nitrogen and oxygen atoms in total. The van der Waals surface area contributed by atoms with Gasteiger partial charge in [0.05, 0.1) is 5.88 Å². The Morgan fingerprint density at radius 2 is 1.75 bits per heavy atom. The maximum Gasteiger partial charge on any atom is 0.246 e. The van der Waals surface area contributed by atoms with Gasteiger partial charge >= 0.3 is 0 Å². The van der Waals surface area contributed by atoms with E-state index in [9.17, 15) is 8.42 Å². The molecule has 0 radical (unpaired) electrons. The molecule has 116 valence electrons. The molecule has 1 rings (SSSR count). The predicted octanol–water partition coefficient (Wildman–Crippen LogP) is 3.69. The fourth-order valence-electron chi connectivity index (χ4n) is 2.41. The maximum atomic E-state index is 12.8. The standard InChI is InChI=1S/C14H24ClNO3S/c1-9(2)7-10(3)16(6)20(17,18)14-12(5)19-11(4)13(14)8-15/h9-10H,7-8H2,1-6H3. The van der Waals surface area contributed by atoms with E-state index in [4.69, 9.17) is 16.0 Å². The van der Waals surface area contributed by atoms with Crippen LogP contribution in [0.1, 0.15) is 44.3 Å². The van der Waals surface area contributed by atoms with Crippen molar-refractivity contribution in [2.75, 3.05) is 7.05 Å². The van der Waals surface area contributed by atoms with Gasteiger partial charge in [-0.05, 0) is 33.1 Å². The molecule has 1 atom stereocenters. The molecule has 0 saturated heterocycles. The van der Waals surface area contributed by atoms with Gasteiger partial charge in [-0.2, -0.15) is 4.31 Å². The number of alkyl halides is 1. The zero-order chi connectivity index (χ0) is 15.7. The van der Waals surface area contributed by atoms with E-state index in [1.807, 2.05) is 6.92 Å². The summed E-state index contributed by atoms with van der Waals surface area (Å²) in [6.45, 7) is 9.47. The van der Waals surface area contributed by atoms with Gasteiger partial charge in [-0.3, -0.25) is 0 Å². The summed E-state index contributed by atoms with van der Waals surface area (Å²) in [5, 5.41) is 0. The Hall–Kier alpha value is -0.520. The smallest absolute Gasteiger partial charge is 0.246 e. The minimum atomic E-state index is -3.58. The first-order valence-corrected chi connectivity index (χ1v) is 8.73. The summed E-state index contributed by atoms with van der Waals surface area (Å²) in [7, 11) is -1.97. The highest BCUT2D eigenvalue weighted by Crippen LogP contribution is 2.31. The summed E-state index contributed by atoms with van der Waals surface area (Å²) >= 11 is 5.88. The number of hydrogen-bond acceptors (Lipinski definition) is 3. The second kappa shape index (κ2) is 6.50. The molecule has 1 unspecified atom stereocenters. The lowest BCUT2D eigenvalue weighted by Crippen LogP contribution is -2.36. The third-order valence-electron chi connectivity index (χ3n) is 3.53. The molecular formula is C14H24ClNO3S. The fourth-order valence-corrected chi connectivity index (χ4v) is 4.59. The van der Waals surface area contributed by atoms with E-state index >= 15 is 0 Å². The first-order valence-electron chi connectivity index (χ1n) is 6.75. The van der Waals surface area contributed by atoms with Crippen molar-refractivity contribution >= 4 is 21.6 Å². The van der Waals surface area contributed by atoms with Gasteiger partial charge in [-0.25, -0.2) is 8.42 Å². The quantitative estimate of drug-likeness (QED) is 0.751. The van der Waals surface area contributed by atoms with Crippen molar-refractivity contribution in [2.45, 2.75) is 57.9 Å². The zero-order valence-corrected chi connectivity index (χ0v) is 14.6. The zero-order valence-electron chi connectivity index (χ0n) is 13.0. The van der Waals surface area contributed by atoms with Crippen LogP contribution in [0.15, 0.2) is 9.31 Å². The van der Waals surface area contributed by atoms with Crippen LogP contribution < -0.4 is 0 Å². The summed E-state index contributed by atoms with van der Waals surface area (Å²) in [6, 6.07) is -0.0715. The molecule has 0 aliphatic carbocycles. The number of furan rings is 1. The van der Waals surface area contributed by atoms with E-state index in [0.29, 0.717) is 23.0 Å². The summed E-state index contributed by atoms with van der Waals surface area (Å²) in [5.74, 6) is 1.54. The highest BCUT2D eigenvalue weighted by molar-refractivity contribution is 7.89. The SMILES string of the molecule is Cc1oc(C)c(S(=O)(=O)N(C)C(C)CC(C)C)c1CCl. The van der Waals surface area contributed by atoms with Crippen LogP contribution in [0.4, 0.5) is 0 Å². The fraction of sp³-hybridized carbons (Fsp3) is 0.714. The van der Waals surface area contributed by atoms with Gasteiger partial charge in [0.2, 0.25) is 10.0 Å². The Morgan fingerprint density at radius 3 is 2.20 bits per heavy atom. The van der Waals surface area contributed by atoms with Crippen LogP contribution in [-0.2, 0) is 15.9 Å². The van der Waals surface area contributed by atoms with Crippen LogP contribution >= 0.6 is 11.6 Å². The van der Waals surface area contributed by atoms with Gasteiger partial charge in [0.25, 0.3) is 0 Å².